The fourth-order valence-electron chi connectivity index (χ4n) is 3.04. The Kier molecular flexibility index (Phi) is 4.25. The van der Waals surface area contributed by atoms with Gasteiger partial charge in [-0.1, -0.05) is 12.1 Å². The Bertz CT molecular complexity index is 1290. The van der Waals surface area contributed by atoms with Crippen molar-refractivity contribution in [2.75, 3.05) is 18.5 Å². The number of para-hydroxylation sites is 1. The Hall–Kier alpha value is -3.65. The second-order valence-corrected chi connectivity index (χ2v) is 7.18. The zero-order valence-electron chi connectivity index (χ0n) is 15.0. The van der Waals surface area contributed by atoms with Gasteiger partial charge in [0.2, 0.25) is 0 Å². The Morgan fingerprint density at radius 2 is 1.86 bits per heavy atom. The van der Waals surface area contributed by atoms with Gasteiger partial charge < -0.3 is 13.9 Å². The number of hydrogen-bond donors (Lipinski definition) is 1. The predicted molar refractivity (Wildman–Crippen MR) is 109 cm³/mol. The maximum Gasteiger partial charge on any atom is 0.293 e. The lowest BCUT2D eigenvalue weighted by Gasteiger charge is -2.18. The summed E-state index contributed by atoms with van der Waals surface area (Å²) in [6.45, 7) is 1.04. The Morgan fingerprint density at radius 3 is 2.76 bits per heavy atom. The normalized spacial score (nSPS) is 12.7. The minimum Gasteiger partial charge on any atom is -0.486 e. The van der Waals surface area contributed by atoms with Crippen molar-refractivity contribution in [1.82, 2.24) is 4.98 Å². The summed E-state index contributed by atoms with van der Waals surface area (Å²) in [6, 6.07) is 13.6. The topological polar surface area (TPSA) is 90.7 Å². The minimum atomic E-state index is -0.532. The molecule has 0 bridgehead atoms. The maximum absolute atomic E-state index is 12.5. The van der Waals surface area contributed by atoms with Gasteiger partial charge in [0, 0.05) is 17.0 Å². The van der Waals surface area contributed by atoms with E-state index in [1.165, 1.54) is 17.4 Å². The summed E-state index contributed by atoms with van der Waals surface area (Å²) in [5.41, 5.74) is 1.64. The molecule has 0 unspecified atom stereocenters. The number of amides is 1. The highest BCUT2D eigenvalue weighted by Gasteiger charge is 2.16. The molecule has 0 spiro atoms. The number of carbonyl (C=O) groups is 1. The highest BCUT2D eigenvalue weighted by Crippen LogP contribution is 2.35. The van der Waals surface area contributed by atoms with Crippen LogP contribution in [0.4, 0.5) is 5.13 Å². The van der Waals surface area contributed by atoms with E-state index in [0.29, 0.717) is 46.5 Å². The number of ether oxygens (including phenoxy) is 2. The van der Waals surface area contributed by atoms with Crippen LogP contribution in [0.5, 0.6) is 11.5 Å². The number of hydrogen-bond acceptors (Lipinski definition) is 7. The van der Waals surface area contributed by atoms with Crippen LogP contribution >= 0.6 is 11.3 Å². The van der Waals surface area contributed by atoms with Crippen LogP contribution in [0.15, 0.2) is 63.1 Å². The SMILES string of the molecule is O=C(Nc1nc(-c2ccc3c(c2)OCCO3)cs1)c1cc(=O)c2ccccc2o1. The number of aromatic nitrogens is 1. The number of carbonyl (C=O) groups excluding carboxylic acids is 1. The molecule has 1 aliphatic rings. The molecule has 144 valence electrons. The van der Waals surface area contributed by atoms with Gasteiger partial charge in [0.1, 0.15) is 18.8 Å². The Balaban J connectivity index is 1.39. The van der Waals surface area contributed by atoms with E-state index >= 15 is 0 Å². The maximum atomic E-state index is 12.5. The lowest BCUT2D eigenvalue weighted by Crippen LogP contribution is -2.15. The van der Waals surface area contributed by atoms with Crippen molar-refractivity contribution in [3.8, 4) is 22.8 Å². The first-order valence-corrected chi connectivity index (χ1v) is 9.75. The summed E-state index contributed by atoms with van der Waals surface area (Å²) < 4.78 is 16.7. The van der Waals surface area contributed by atoms with Crippen molar-refractivity contribution in [3.63, 3.8) is 0 Å². The second-order valence-electron chi connectivity index (χ2n) is 6.32. The molecule has 5 rings (SSSR count). The smallest absolute Gasteiger partial charge is 0.293 e. The standard InChI is InChI=1S/C21H14N2O5S/c24-15-10-19(28-16-4-2-1-3-13(15)16)20(25)23-21-22-14(11-29-21)12-5-6-17-18(9-12)27-8-7-26-17/h1-6,9-11H,7-8H2,(H,22,23,25). The fourth-order valence-corrected chi connectivity index (χ4v) is 3.76. The molecule has 2 aromatic carbocycles. The lowest BCUT2D eigenvalue weighted by atomic mass is 10.1. The molecular weight excluding hydrogens is 392 g/mol. The first-order valence-electron chi connectivity index (χ1n) is 8.87. The van der Waals surface area contributed by atoms with Gasteiger partial charge in [-0.15, -0.1) is 11.3 Å². The van der Waals surface area contributed by atoms with Crippen molar-refractivity contribution >= 4 is 33.3 Å². The first kappa shape index (κ1) is 17.4. The molecule has 0 aliphatic carbocycles. The van der Waals surface area contributed by atoms with E-state index in [4.69, 9.17) is 13.9 Å². The number of rotatable bonds is 3. The second kappa shape index (κ2) is 7.06. The third-order valence-corrected chi connectivity index (χ3v) is 5.18. The summed E-state index contributed by atoms with van der Waals surface area (Å²) in [5.74, 6) is 0.779. The highest BCUT2D eigenvalue weighted by molar-refractivity contribution is 7.14. The van der Waals surface area contributed by atoms with Crippen molar-refractivity contribution in [2.24, 2.45) is 0 Å². The van der Waals surface area contributed by atoms with Crippen LogP contribution in [-0.2, 0) is 0 Å². The number of fused-ring (bicyclic) bond motifs is 2. The van der Waals surface area contributed by atoms with Crippen LogP contribution in [-0.4, -0.2) is 24.1 Å². The predicted octanol–water partition coefficient (Wildman–Crippen LogP) is 3.94. The zero-order chi connectivity index (χ0) is 19.8. The monoisotopic (exact) mass is 406 g/mol. The van der Waals surface area contributed by atoms with E-state index < -0.39 is 5.91 Å². The molecule has 0 fully saturated rings. The largest absolute Gasteiger partial charge is 0.486 e. The van der Waals surface area contributed by atoms with Gasteiger partial charge in [-0.05, 0) is 30.3 Å². The van der Waals surface area contributed by atoms with Gasteiger partial charge in [0.25, 0.3) is 5.91 Å². The average Bonchev–Trinajstić information content (AvgIpc) is 3.22. The van der Waals surface area contributed by atoms with Gasteiger partial charge in [0.15, 0.2) is 27.8 Å². The number of nitrogens with zero attached hydrogens (tertiary/aromatic N) is 1. The molecule has 7 nitrogen and oxygen atoms in total. The molecule has 3 heterocycles. The zero-order valence-corrected chi connectivity index (χ0v) is 15.8. The van der Waals surface area contributed by atoms with Gasteiger partial charge >= 0.3 is 0 Å². The molecule has 0 saturated carbocycles. The van der Waals surface area contributed by atoms with Gasteiger partial charge in [-0.3, -0.25) is 14.9 Å². The summed E-state index contributed by atoms with van der Waals surface area (Å²) >= 11 is 1.28. The van der Waals surface area contributed by atoms with Crippen LogP contribution in [0, 0.1) is 0 Å². The molecule has 1 N–H and O–H groups in total. The minimum absolute atomic E-state index is 0.0650. The van der Waals surface area contributed by atoms with E-state index in [1.807, 2.05) is 23.6 Å². The highest BCUT2D eigenvalue weighted by atomic mass is 32.1. The van der Waals surface area contributed by atoms with Crippen LogP contribution < -0.4 is 20.2 Å². The van der Waals surface area contributed by atoms with Crippen LogP contribution in [0.2, 0.25) is 0 Å². The average molecular weight is 406 g/mol. The first-order chi connectivity index (χ1) is 14.2. The number of anilines is 1. The third-order valence-electron chi connectivity index (χ3n) is 4.42. The Morgan fingerprint density at radius 1 is 1.03 bits per heavy atom. The quantitative estimate of drug-likeness (QED) is 0.554. The third kappa shape index (κ3) is 3.34. The molecular formula is C21H14N2O5S. The van der Waals surface area contributed by atoms with Crippen molar-refractivity contribution in [3.05, 3.63) is 69.9 Å². The van der Waals surface area contributed by atoms with Crippen molar-refractivity contribution in [1.29, 1.82) is 0 Å². The van der Waals surface area contributed by atoms with Gasteiger partial charge in [-0.2, -0.15) is 0 Å². The molecule has 29 heavy (non-hydrogen) atoms. The molecule has 2 aromatic heterocycles. The van der Waals surface area contributed by atoms with Gasteiger partial charge in [0.05, 0.1) is 11.1 Å². The van der Waals surface area contributed by atoms with Crippen molar-refractivity contribution < 1.29 is 18.7 Å². The summed E-state index contributed by atoms with van der Waals surface area (Å²) in [6.07, 6.45) is 0. The molecule has 0 radical (unpaired) electrons. The molecule has 0 saturated heterocycles. The van der Waals surface area contributed by atoms with Crippen LogP contribution in [0.25, 0.3) is 22.2 Å². The summed E-state index contributed by atoms with van der Waals surface area (Å²) in [4.78, 5) is 29.2. The van der Waals surface area contributed by atoms with Gasteiger partial charge in [-0.25, -0.2) is 4.98 Å². The Labute approximate surface area is 168 Å². The molecule has 4 aromatic rings. The fraction of sp³-hybridized carbons (Fsp3) is 0.0952. The lowest BCUT2D eigenvalue weighted by molar-refractivity contribution is 0.0997. The molecule has 1 aliphatic heterocycles. The van der Waals surface area contributed by atoms with Crippen molar-refractivity contribution in [2.45, 2.75) is 0 Å². The van der Waals surface area contributed by atoms with E-state index in [9.17, 15) is 9.59 Å². The van der Waals surface area contributed by atoms with E-state index in [-0.39, 0.29) is 11.2 Å². The summed E-state index contributed by atoms with van der Waals surface area (Å²) in [7, 11) is 0. The van der Waals surface area contributed by atoms with E-state index in [1.54, 1.807) is 24.3 Å². The number of thiazole rings is 1. The molecule has 8 heteroatoms. The molecule has 1 amide bonds. The van der Waals surface area contributed by atoms with Crippen LogP contribution in [0.3, 0.4) is 0 Å². The number of benzene rings is 2. The molecule has 0 atom stereocenters. The number of nitrogens with one attached hydrogen (secondary N) is 1. The van der Waals surface area contributed by atoms with E-state index in [2.05, 4.69) is 10.3 Å². The summed E-state index contributed by atoms with van der Waals surface area (Å²) in [5, 5.41) is 5.34. The van der Waals surface area contributed by atoms with E-state index in [0.717, 1.165) is 5.56 Å². The van der Waals surface area contributed by atoms with Crippen LogP contribution in [0.1, 0.15) is 10.6 Å².